The van der Waals surface area contributed by atoms with E-state index in [9.17, 15) is 0 Å². The van der Waals surface area contributed by atoms with E-state index < -0.39 is 0 Å². The molecule has 0 bridgehead atoms. The number of likely N-dealkylation sites (tertiary alicyclic amines) is 1. The van der Waals surface area contributed by atoms with Crippen LogP contribution in [0.25, 0.3) is 0 Å². The summed E-state index contributed by atoms with van der Waals surface area (Å²) in [5.74, 6) is 2.54. The molecule has 1 atom stereocenters. The number of rotatable bonds is 4. The van der Waals surface area contributed by atoms with Crippen LogP contribution in [0.2, 0.25) is 0 Å². The van der Waals surface area contributed by atoms with Crippen LogP contribution >= 0.6 is 0 Å². The van der Waals surface area contributed by atoms with Gasteiger partial charge >= 0.3 is 0 Å². The van der Waals surface area contributed by atoms with E-state index in [2.05, 4.69) is 55.4 Å². The second kappa shape index (κ2) is 6.90. The van der Waals surface area contributed by atoms with Crippen molar-refractivity contribution in [3.05, 3.63) is 35.8 Å². The van der Waals surface area contributed by atoms with Crippen LogP contribution in [0.4, 0.5) is 11.8 Å². The second-order valence-electron chi connectivity index (χ2n) is 6.04. The Hall–Kier alpha value is -2.57. The van der Waals surface area contributed by atoms with Crippen molar-refractivity contribution in [2.24, 2.45) is 4.99 Å². The van der Waals surface area contributed by atoms with Crippen LogP contribution in [0.1, 0.15) is 13.3 Å². The molecule has 0 aliphatic carbocycles. The van der Waals surface area contributed by atoms with Crippen molar-refractivity contribution < 1.29 is 0 Å². The Morgan fingerprint density at radius 2 is 2.33 bits per heavy atom. The molecular weight excluding hydrogens is 302 g/mol. The Balaban J connectivity index is 1.73. The maximum atomic E-state index is 4.54. The van der Waals surface area contributed by atoms with E-state index in [1.165, 1.54) is 11.3 Å². The fourth-order valence-corrected chi connectivity index (χ4v) is 3.22. The highest BCUT2D eigenvalue weighted by atomic mass is 15.3. The predicted molar refractivity (Wildman–Crippen MR) is 98.3 cm³/mol. The molecule has 0 unspecified atom stereocenters. The summed E-state index contributed by atoms with van der Waals surface area (Å²) in [4.78, 5) is 17.7. The highest BCUT2D eigenvalue weighted by Gasteiger charge is 2.28. The summed E-state index contributed by atoms with van der Waals surface area (Å²) in [6, 6.07) is 2.39. The van der Waals surface area contributed by atoms with E-state index >= 15 is 0 Å². The number of hydrogen-bond acceptors (Lipinski definition) is 6. The summed E-state index contributed by atoms with van der Waals surface area (Å²) in [6.07, 6.45) is 6.94. The first kappa shape index (κ1) is 16.3. The maximum absolute atomic E-state index is 4.54. The van der Waals surface area contributed by atoms with Gasteiger partial charge in [-0.25, -0.2) is 4.98 Å². The molecule has 0 saturated carbocycles. The van der Waals surface area contributed by atoms with Crippen molar-refractivity contribution in [1.29, 1.82) is 0 Å². The van der Waals surface area contributed by atoms with E-state index in [0.717, 1.165) is 31.2 Å². The van der Waals surface area contributed by atoms with Crippen molar-refractivity contribution in [3.63, 3.8) is 0 Å². The predicted octanol–water partition coefficient (Wildman–Crippen LogP) is 1.45. The van der Waals surface area contributed by atoms with Crippen LogP contribution in [0, 0.1) is 0 Å². The maximum Gasteiger partial charge on any atom is 0.224 e. The summed E-state index contributed by atoms with van der Waals surface area (Å²) >= 11 is 0. The minimum Gasteiger partial charge on any atom is -0.372 e. The smallest absolute Gasteiger partial charge is 0.224 e. The molecule has 7 nitrogen and oxygen atoms in total. The van der Waals surface area contributed by atoms with E-state index in [4.69, 9.17) is 0 Å². The lowest BCUT2D eigenvalue weighted by Crippen LogP contribution is -2.35. The molecule has 2 aliphatic heterocycles. The molecule has 3 rings (SSSR count). The van der Waals surface area contributed by atoms with Gasteiger partial charge in [-0.2, -0.15) is 4.98 Å². The minimum absolute atomic E-state index is 0.431. The van der Waals surface area contributed by atoms with Gasteiger partial charge in [0.25, 0.3) is 0 Å². The van der Waals surface area contributed by atoms with Gasteiger partial charge in [-0.3, -0.25) is 4.99 Å². The lowest BCUT2D eigenvalue weighted by molar-refractivity contribution is 0.417. The zero-order chi connectivity index (χ0) is 17.1. The Bertz CT molecular complexity index is 692. The summed E-state index contributed by atoms with van der Waals surface area (Å²) in [6.45, 7) is 4.19. The van der Waals surface area contributed by atoms with E-state index in [-0.39, 0.29) is 0 Å². The average molecular weight is 327 g/mol. The topological polar surface area (TPSA) is 68.7 Å². The van der Waals surface area contributed by atoms with E-state index in [1.54, 1.807) is 6.20 Å². The Kier molecular flexibility index (Phi) is 4.69. The molecule has 0 amide bonds. The molecule has 0 radical (unpaired) electrons. The van der Waals surface area contributed by atoms with Crippen molar-refractivity contribution in [2.45, 2.75) is 19.4 Å². The summed E-state index contributed by atoms with van der Waals surface area (Å²) in [5.41, 5.74) is 2.45. The van der Waals surface area contributed by atoms with Crippen LogP contribution in [0.5, 0.6) is 0 Å². The van der Waals surface area contributed by atoms with Crippen LogP contribution in [0.3, 0.4) is 0 Å². The summed E-state index contributed by atoms with van der Waals surface area (Å²) in [7, 11) is 5.76. The quantitative estimate of drug-likeness (QED) is 0.872. The molecule has 0 spiro atoms. The van der Waals surface area contributed by atoms with Crippen LogP contribution in [0.15, 0.2) is 40.8 Å². The first-order chi connectivity index (χ1) is 11.6. The standard InChI is InChI=1S/C17H25N7/c1-12(14-5-8-20-16(14)18-2)24-10-7-13(11-24)23(4)15-6-9-21-17(19-3)22-15/h5-6,8-9,13H,7,10-11H2,1-4H3,(H,18,20)(H,19,21,22)/b14-12+/t13-/m1/s1. The minimum atomic E-state index is 0.431. The molecule has 1 aromatic heterocycles. The molecule has 2 N–H and O–H groups in total. The monoisotopic (exact) mass is 327 g/mol. The van der Waals surface area contributed by atoms with Gasteiger partial charge in [-0.05, 0) is 25.5 Å². The lowest BCUT2D eigenvalue weighted by atomic mass is 10.2. The highest BCUT2D eigenvalue weighted by Crippen LogP contribution is 2.25. The largest absolute Gasteiger partial charge is 0.372 e. The number of nitrogens with zero attached hydrogens (tertiary/aromatic N) is 5. The summed E-state index contributed by atoms with van der Waals surface area (Å²) in [5, 5.41) is 6.18. The Morgan fingerprint density at radius 3 is 3.08 bits per heavy atom. The van der Waals surface area contributed by atoms with Crippen LogP contribution < -0.4 is 15.5 Å². The van der Waals surface area contributed by atoms with Gasteiger partial charge in [0, 0.05) is 63.9 Å². The Morgan fingerprint density at radius 1 is 1.50 bits per heavy atom. The van der Waals surface area contributed by atoms with E-state index in [1.807, 2.05) is 26.4 Å². The van der Waals surface area contributed by atoms with Gasteiger partial charge in [-0.15, -0.1) is 0 Å². The van der Waals surface area contributed by atoms with Crippen molar-refractivity contribution in [1.82, 2.24) is 20.2 Å². The van der Waals surface area contributed by atoms with E-state index in [0.29, 0.717) is 12.0 Å². The van der Waals surface area contributed by atoms with Crippen molar-refractivity contribution in [2.75, 3.05) is 44.4 Å². The molecule has 7 heteroatoms. The third-order valence-corrected chi connectivity index (χ3v) is 4.75. The molecule has 0 aromatic carbocycles. The fourth-order valence-electron chi connectivity index (χ4n) is 3.22. The van der Waals surface area contributed by atoms with Crippen LogP contribution in [-0.4, -0.2) is 61.0 Å². The number of hydrogen-bond donors (Lipinski definition) is 2. The number of aliphatic imine (C=N–C) groups is 1. The number of likely N-dealkylation sites (N-methyl/N-ethyl adjacent to an activating group) is 1. The molecule has 1 fully saturated rings. The number of nitrogens with one attached hydrogen (secondary N) is 2. The first-order valence-electron chi connectivity index (χ1n) is 8.23. The van der Waals surface area contributed by atoms with Gasteiger partial charge < -0.3 is 20.4 Å². The molecular formula is C17H25N7. The SMILES string of the molecule is CN=C1NC=C/C1=C(/C)N1CC[C@@H](N(C)c2ccnc(NC)n2)C1. The molecule has 2 aliphatic rings. The zero-order valence-corrected chi connectivity index (χ0v) is 14.7. The van der Waals surface area contributed by atoms with Gasteiger partial charge in [0.05, 0.1) is 0 Å². The lowest BCUT2D eigenvalue weighted by Gasteiger charge is -2.27. The number of aromatic nitrogens is 2. The molecule has 3 heterocycles. The molecule has 128 valence electrons. The summed E-state index contributed by atoms with van der Waals surface area (Å²) < 4.78 is 0. The third kappa shape index (κ3) is 3.06. The average Bonchev–Trinajstić information content (AvgIpc) is 3.29. The number of allylic oxidation sites excluding steroid dienone is 1. The molecule has 1 aromatic rings. The highest BCUT2D eigenvalue weighted by molar-refractivity contribution is 6.04. The number of anilines is 2. The van der Waals surface area contributed by atoms with Crippen molar-refractivity contribution >= 4 is 17.6 Å². The normalized spacial score (nSPS) is 23.6. The first-order valence-corrected chi connectivity index (χ1v) is 8.23. The van der Waals surface area contributed by atoms with Gasteiger partial charge in [0.2, 0.25) is 5.95 Å². The Labute approximate surface area is 143 Å². The zero-order valence-electron chi connectivity index (χ0n) is 14.7. The van der Waals surface area contributed by atoms with Gasteiger partial charge in [0.15, 0.2) is 0 Å². The van der Waals surface area contributed by atoms with Crippen LogP contribution in [-0.2, 0) is 0 Å². The molecule has 24 heavy (non-hydrogen) atoms. The van der Waals surface area contributed by atoms with Gasteiger partial charge in [-0.1, -0.05) is 0 Å². The van der Waals surface area contributed by atoms with Crippen molar-refractivity contribution in [3.8, 4) is 0 Å². The third-order valence-electron chi connectivity index (χ3n) is 4.75. The van der Waals surface area contributed by atoms with Gasteiger partial charge in [0.1, 0.15) is 11.7 Å². The second-order valence-corrected chi connectivity index (χ2v) is 6.04. The fraction of sp³-hybridized carbons (Fsp3) is 0.471. The molecule has 1 saturated heterocycles. The number of amidine groups is 1.